The summed E-state index contributed by atoms with van der Waals surface area (Å²) in [6.07, 6.45) is 1.57. The third-order valence-corrected chi connectivity index (χ3v) is 5.13. The maximum atomic E-state index is 12.5. The van der Waals surface area contributed by atoms with E-state index in [4.69, 9.17) is 11.6 Å². The molecule has 0 aliphatic carbocycles. The van der Waals surface area contributed by atoms with Crippen LogP contribution < -0.4 is 4.72 Å². The van der Waals surface area contributed by atoms with Gasteiger partial charge in [-0.3, -0.25) is 4.98 Å². The van der Waals surface area contributed by atoms with E-state index >= 15 is 0 Å². The third kappa shape index (κ3) is 4.07. The fraction of sp³-hybridized carbons (Fsp3) is 0.200. The Kier molecular flexibility index (Phi) is 5.35. The van der Waals surface area contributed by atoms with Crippen molar-refractivity contribution in [2.45, 2.75) is 17.9 Å². The lowest BCUT2D eigenvalue weighted by Crippen LogP contribution is -2.28. The molecule has 0 unspecified atom stereocenters. The molecule has 0 fully saturated rings. The zero-order valence-corrected chi connectivity index (χ0v) is 14.1. The molecule has 1 aromatic carbocycles. The van der Waals surface area contributed by atoms with Crippen LogP contribution >= 0.6 is 11.6 Å². The summed E-state index contributed by atoms with van der Waals surface area (Å²) in [7, 11) is -2.72. The number of carbonyl (C=O) groups is 1. The average Bonchev–Trinajstić information content (AvgIpc) is 2.54. The van der Waals surface area contributed by atoms with Crippen LogP contribution in [0.4, 0.5) is 0 Å². The van der Waals surface area contributed by atoms with Crippen LogP contribution in [0, 0.1) is 0 Å². The van der Waals surface area contributed by atoms with Crippen molar-refractivity contribution in [3.63, 3.8) is 0 Å². The predicted molar refractivity (Wildman–Crippen MR) is 85.8 cm³/mol. The number of hydrogen-bond acceptors (Lipinski definition) is 5. The molecule has 0 saturated carbocycles. The normalized spacial score (nSPS) is 12.7. The maximum Gasteiger partial charge on any atom is 0.337 e. The quantitative estimate of drug-likeness (QED) is 0.834. The summed E-state index contributed by atoms with van der Waals surface area (Å²) in [4.78, 5) is 15.5. The van der Waals surface area contributed by atoms with Crippen molar-refractivity contribution in [1.82, 2.24) is 9.71 Å². The van der Waals surface area contributed by atoms with Crippen molar-refractivity contribution in [3.05, 3.63) is 58.9 Å². The maximum absolute atomic E-state index is 12.5. The fourth-order valence-electron chi connectivity index (χ4n) is 1.94. The minimum Gasteiger partial charge on any atom is -0.465 e. The Morgan fingerprint density at radius 2 is 2.04 bits per heavy atom. The summed E-state index contributed by atoms with van der Waals surface area (Å²) >= 11 is 5.97. The number of esters is 1. The van der Waals surface area contributed by atoms with Crippen LogP contribution in [0.15, 0.2) is 47.5 Å². The fourth-order valence-corrected chi connectivity index (χ4v) is 3.69. The Labute approximate surface area is 139 Å². The van der Waals surface area contributed by atoms with Gasteiger partial charge in [0.15, 0.2) is 0 Å². The van der Waals surface area contributed by atoms with E-state index in [0.717, 1.165) is 0 Å². The summed E-state index contributed by atoms with van der Waals surface area (Å²) in [6, 6.07) is 8.57. The Hall–Kier alpha value is -1.96. The van der Waals surface area contributed by atoms with Crippen LogP contribution in [0.25, 0.3) is 0 Å². The molecule has 0 aliphatic rings. The number of methoxy groups -OCH3 is 1. The minimum atomic E-state index is -3.93. The molecule has 1 heterocycles. The van der Waals surface area contributed by atoms with E-state index in [2.05, 4.69) is 14.4 Å². The lowest BCUT2D eigenvalue weighted by Gasteiger charge is -2.15. The largest absolute Gasteiger partial charge is 0.465 e. The Balaban J connectivity index is 2.34. The van der Waals surface area contributed by atoms with Gasteiger partial charge in [-0.2, -0.15) is 0 Å². The molecule has 2 rings (SSSR count). The van der Waals surface area contributed by atoms with Crippen LogP contribution in [0.2, 0.25) is 5.02 Å². The number of nitrogens with zero attached hydrogens (tertiary/aromatic N) is 1. The van der Waals surface area contributed by atoms with E-state index in [9.17, 15) is 13.2 Å². The van der Waals surface area contributed by atoms with Crippen molar-refractivity contribution < 1.29 is 17.9 Å². The van der Waals surface area contributed by atoms with E-state index in [-0.39, 0.29) is 15.5 Å². The number of pyridine rings is 1. The van der Waals surface area contributed by atoms with Gasteiger partial charge in [-0.1, -0.05) is 17.7 Å². The van der Waals surface area contributed by atoms with Gasteiger partial charge < -0.3 is 4.74 Å². The molecule has 0 spiro atoms. The average molecular weight is 355 g/mol. The number of benzene rings is 1. The molecule has 0 bridgehead atoms. The standard InChI is InChI=1S/C15H15ClN2O4S/c1-10(13-5-3-4-8-17-13)18-23(20,21)14-9-11(15(19)22-2)6-7-12(14)16/h3-10,18H,1-2H3/t10-/m0/s1. The van der Waals surface area contributed by atoms with Gasteiger partial charge in [-0.05, 0) is 37.3 Å². The summed E-state index contributed by atoms with van der Waals surface area (Å²) in [6.45, 7) is 1.66. The van der Waals surface area contributed by atoms with Gasteiger partial charge in [0.25, 0.3) is 0 Å². The summed E-state index contributed by atoms with van der Waals surface area (Å²) in [5, 5.41) is 0.0124. The van der Waals surface area contributed by atoms with Crippen LogP contribution in [0.5, 0.6) is 0 Å². The summed E-state index contributed by atoms with van der Waals surface area (Å²) in [5.41, 5.74) is 0.666. The van der Waals surface area contributed by atoms with Gasteiger partial charge in [0.05, 0.1) is 29.4 Å². The van der Waals surface area contributed by atoms with Crippen molar-refractivity contribution in [2.75, 3.05) is 7.11 Å². The smallest absolute Gasteiger partial charge is 0.337 e. The highest BCUT2D eigenvalue weighted by molar-refractivity contribution is 7.89. The van der Waals surface area contributed by atoms with Gasteiger partial charge in [0.1, 0.15) is 4.90 Å². The Morgan fingerprint density at radius 3 is 2.65 bits per heavy atom. The predicted octanol–water partition coefficient (Wildman–Crippen LogP) is 2.56. The van der Waals surface area contributed by atoms with Crippen LogP contribution in [0.3, 0.4) is 0 Å². The second kappa shape index (κ2) is 7.08. The van der Waals surface area contributed by atoms with Gasteiger partial charge in [0, 0.05) is 6.20 Å². The molecule has 1 N–H and O–H groups in total. The molecule has 122 valence electrons. The molecule has 6 nitrogen and oxygen atoms in total. The molecular formula is C15H15ClN2O4S. The van der Waals surface area contributed by atoms with Gasteiger partial charge in [0.2, 0.25) is 10.0 Å². The second-order valence-electron chi connectivity index (χ2n) is 4.73. The Bertz CT molecular complexity index is 809. The molecule has 0 amide bonds. The van der Waals surface area contributed by atoms with E-state index in [1.807, 2.05) is 0 Å². The lowest BCUT2D eigenvalue weighted by atomic mass is 10.2. The van der Waals surface area contributed by atoms with E-state index in [1.165, 1.54) is 25.3 Å². The van der Waals surface area contributed by atoms with Crippen LogP contribution in [-0.4, -0.2) is 26.5 Å². The third-order valence-electron chi connectivity index (χ3n) is 3.11. The highest BCUT2D eigenvalue weighted by Crippen LogP contribution is 2.24. The van der Waals surface area contributed by atoms with Crippen molar-refractivity contribution in [3.8, 4) is 0 Å². The first-order valence-corrected chi connectivity index (χ1v) is 8.52. The monoisotopic (exact) mass is 354 g/mol. The van der Waals surface area contributed by atoms with E-state index in [0.29, 0.717) is 5.69 Å². The van der Waals surface area contributed by atoms with Crippen LogP contribution in [-0.2, 0) is 14.8 Å². The molecule has 0 radical (unpaired) electrons. The number of rotatable bonds is 5. The number of carbonyl (C=O) groups excluding carboxylic acids is 1. The van der Waals surface area contributed by atoms with Crippen LogP contribution in [0.1, 0.15) is 29.0 Å². The number of halogens is 1. The molecule has 8 heteroatoms. The molecular weight excluding hydrogens is 340 g/mol. The molecule has 1 atom stereocenters. The number of aromatic nitrogens is 1. The highest BCUT2D eigenvalue weighted by Gasteiger charge is 2.23. The topological polar surface area (TPSA) is 85.4 Å². The molecule has 0 saturated heterocycles. The summed E-state index contributed by atoms with van der Waals surface area (Å²) < 4.78 is 32.1. The summed E-state index contributed by atoms with van der Waals surface area (Å²) in [5.74, 6) is -0.643. The molecule has 1 aromatic heterocycles. The Morgan fingerprint density at radius 1 is 1.30 bits per heavy atom. The zero-order valence-electron chi connectivity index (χ0n) is 12.5. The first kappa shape index (κ1) is 17.4. The van der Waals surface area contributed by atoms with Crippen molar-refractivity contribution in [2.24, 2.45) is 0 Å². The number of sulfonamides is 1. The van der Waals surface area contributed by atoms with Crippen molar-refractivity contribution in [1.29, 1.82) is 0 Å². The number of hydrogen-bond donors (Lipinski definition) is 1. The minimum absolute atomic E-state index is 0.0124. The second-order valence-corrected chi connectivity index (χ2v) is 6.82. The number of ether oxygens (including phenoxy) is 1. The molecule has 23 heavy (non-hydrogen) atoms. The van der Waals surface area contributed by atoms with E-state index in [1.54, 1.807) is 31.3 Å². The van der Waals surface area contributed by atoms with Gasteiger partial charge in [-0.25, -0.2) is 17.9 Å². The molecule has 2 aromatic rings. The van der Waals surface area contributed by atoms with Gasteiger partial charge >= 0.3 is 5.97 Å². The SMILES string of the molecule is COC(=O)c1ccc(Cl)c(S(=O)(=O)N[C@@H](C)c2ccccn2)c1. The van der Waals surface area contributed by atoms with Crippen molar-refractivity contribution >= 4 is 27.6 Å². The first-order valence-electron chi connectivity index (χ1n) is 6.66. The number of nitrogens with one attached hydrogen (secondary N) is 1. The lowest BCUT2D eigenvalue weighted by molar-refractivity contribution is 0.0600. The molecule has 0 aliphatic heterocycles. The first-order chi connectivity index (χ1) is 10.8. The van der Waals surface area contributed by atoms with E-state index < -0.39 is 22.0 Å². The zero-order chi connectivity index (χ0) is 17.0. The van der Waals surface area contributed by atoms with Gasteiger partial charge in [-0.15, -0.1) is 0 Å². The highest BCUT2D eigenvalue weighted by atomic mass is 35.5.